The average Bonchev–Trinajstić information content (AvgIpc) is 2.84. The fraction of sp³-hybridized carbons (Fsp3) is 0.458. The normalized spacial score (nSPS) is 14.9. The summed E-state index contributed by atoms with van der Waals surface area (Å²) in [6, 6.07) is 10.4. The van der Waals surface area contributed by atoms with E-state index in [0.717, 1.165) is 32.1 Å². The Morgan fingerprint density at radius 3 is 2.41 bits per heavy atom. The first-order chi connectivity index (χ1) is 16.1. The Hall–Kier alpha value is -2.72. The van der Waals surface area contributed by atoms with Crippen molar-refractivity contribution in [2.24, 2.45) is 0 Å². The van der Waals surface area contributed by atoms with E-state index < -0.39 is 16.6 Å². The first-order valence-electron chi connectivity index (χ1n) is 11.1. The van der Waals surface area contributed by atoms with E-state index in [-0.39, 0.29) is 40.5 Å². The van der Waals surface area contributed by atoms with Crippen LogP contribution in [0.15, 0.2) is 47.4 Å². The van der Waals surface area contributed by atoms with Crippen molar-refractivity contribution in [1.29, 1.82) is 0 Å². The third kappa shape index (κ3) is 6.04. The molecule has 0 spiro atoms. The van der Waals surface area contributed by atoms with Crippen molar-refractivity contribution in [3.63, 3.8) is 0 Å². The Morgan fingerprint density at radius 2 is 1.76 bits per heavy atom. The van der Waals surface area contributed by atoms with Crippen LogP contribution in [0.2, 0.25) is 0 Å². The molecule has 0 radical (unpaired) electrons. The molecule has 1 aliphatic carbocycles. The Kier molecular flexibility index (Phi) is 8.48. The topological polar surface area (TPSA) is 76.2 Å². The molecule has 1 aliphatic rings. The largest absolute Gasteiger partial charge is 0.493 e. The molecule has 0 saturated heterocycles. The minimum atomic E-state index is -3.73. The maximum absolute atomic E-state index is 13.2. The van der Waals surface area contributed by atoms with Crippen molar-refractivity contribution >= 4 is 15.9 Å². The van der Waals surface area contributed by atoms with Crippen molar-refractivity contribution in [1.82, 2.24) is 9.21 Å². The van der Waals surface area contributed by atoms with E-state index in [9.17, 15) is 22.0 Å². The molecule has 0 bridgehead atoms. The number of hydrogen-bond acceptors (Lipinski definition) is 5. The predicted octanol–water partition coefficient (Wildman–Crippen LogP) is 4.52. The first kappa shape index (κ1) is 25.9. The summed E-state index contributed by atoms with van der Waals surface area (Å²) in [4.78, 5) is 14.5. The Bertz CT molecular complexity index is 1100. The first-order valence-corrected chi connectivity index (χ1v) is 12.5. The number of amides is 1. The zero-order chi connectivity index (χ0) is 24.9. The highest BCUT2D eigenvalue weighted by atomic mass is 32.2. The number of ether oxygens (including phenoxy) is 2. The van der Waals surface area contributed by atoms with Gasteiger partial charge in [0.2, 0.25) is 10.0 Å². The van der Waals surface area contributed by atoms with E-state index in [4.69, 9.17) is 4.74 Å². The van der Waals surface area contributed by atoms with Crippen molar-refractivity contribution in [2.75, 3.05) is 21.2 Å². The number of nitrogens with zero attached hydrogens (tertiary/aromatic N) is 2. The lowest BCUT2D eigenvalue weighted by molar-refractivity contribution is -0.0512. The van der Waals surface area contributed by atoms with Crippen molar-refractivity contribution < 1.29 is 31.5 Å². The second-order valence-electron chi connectivity index (χ2n) is 8.37. The molecule has 0 N–H and O–H groups in total. The number of benzene rings is 2. The standard InChI is InChI=1S/C24H30F2N2O5S/c1-27(16-17-12-13-21(33-24(25)26)22(14-17)32-3)23(29)18-8-7-11-20(15-18)34(30,31)28(2)19-9-5-4-6-10-19/h7-8,11-15,19,24H,4-6,9-10,16H2,1-3H3. The summed E-state index contributed by atoms with van der Waals surface area (Å²) in [5.41, 5.74) is 0.875. The van der Waals surface area contributed by atoms with Crippen LogP contribution in [0.25, 0.3) is 0 Å². The summed E-state index contributed by atoms with van der Waals surface area (Å²) >= 11 is 0. The van der Waals surface area contributed by atoms with Gasteiger partial charge in [0.05, 0.1) is 12.0 Å². The smallest absolute Gasteiger partial charge is 0.387 e. The van der Waals surface area contributed by atoms with Gasteiger partial charge in [-0.15, -0.1) is 0 Å². The van der Waals surface area contributed by atoms with Gasteiger partial charge in [-0.2, -0.15) is 13.1 Å². The minimum Gasteiger partial charge on any atom is -0.493 e. The molecule has 0 unspecified atom stereocenters. The summed E-state index contributed by atoms with van der Waals surface area (Å²) in [6.07, 6.45) is 4.81. The van der Waals surface area contributed by atoms with Crippen LogP contribution < -0.4 is 9.47 Å². The second kappa shape index (κ2) is 11.1. The van der Waals surface area contributed by atoms with Gasteiger partial charge in [0.15, 0.2) is 11.5 Å². The lowest BCUT2D eigenvalue weighted by Crippen LogP contribution is -2.38. The van der Waals surface area contributed by atoms with Crippen LogP contribution in [0.4, 0.5) is 8.78 Å². The monoisotopic (exact) mass is 496 g/mol. The molecule has 2 aromatic carbocycles. The molecule has 7 nitrogen and oxygen atoms in total. The van der Waals surface area contributed by atoms with Gasteiger partial charge < -0.3 is 14.4 Å². The van der Waals surface area contributed by atoms with Crippen LogP contribution in [-0.2, 0) is 16.6 Å². The Labute approximate surface area is 199 Å². The summed E-state index contributed by atoms with van der Waals surface area (Å²) in [5, 5.41) is 0. The lowest BCUT2D eigenvalue weighted by atomic mass is 9.96. The van der Waals surface area contributed by atoms with Gasteiger partial charge in [-0.25, -0.2) is 8.42 Å². The molecular weight excluding hydrogens is 466 g/mol. The van der Waals surface area contributed by atoms with Crippen LogP contribution in [0.3, 0.4) is 0 Å². The van der Waals surface area contributed by atoms with E-state index in [1.54, 1.807) is 32.3 Å². The molecule has 186 valence electrons. The van der Waals surface area contributed by atoms with E-state index >= 15 is 0 Å². The highest BCUT2D eigenvalue weighted by Crippen LogP contribution is 2.30. The molecule has 1 fully saturated rings. The van der Waals surface area contributed by atoms with Gasteiger partial charge in [-0.1, -0.05) is 31.4 Å². The molecule has 34 heavy (non-hydrogen) atoms. The fourth-order valence-corrected chi connectivity index (χ4v) is 5.63. The quantitative estimate of drug-likeness (QED) is 0.510. The minimum absolute atomic E-state index is 0.0345. The average molecular weight is 497 g/mol. The Morgan fingerprint density at radius 1 is 1.06 bits per heavy atom. The van der Waals surface area contributed by atoms with Crippen LogP contribution in [0, 0.1) is 0 Å². The lowest BCUT2D eigenvalue weighted by Gasteiger charge is -2.30. The number of halogens is 2. The van der Waals surface area contributed by atoms with E-state index in [1.807, 2.05) is 0 Å². The van der Waals surface area contributed by atoms with Gasteiger partial charge in [0.25, 0.3) is 5.91 Å². The number of rotatable bonds is 9. The number of methoxy groups -OCH3 is 1. The maximum atomic E-state index is 13.2. The van der Waals surface area contributed by atoms with Crippen LogP contribution in [0.5, 0.6) is 11.5 Å². The molecule has 0 atom stereocenters. The van der Waals surface area contributed by atoms with Crippen molar-refractivity contribution in [3.8, 4) is 11.5 Å². The maximum Gasteiger partial charge on any atom is 0.387 e. The summed E-state index contributed by atoms with van der Waals surface area (Å²) in [5.74, 6) is -0.350. The summed E-state index contributed by atoms with van der Waals surface area (Å²) in [7, 11) is 0.779. The number of hydrogen-bond donors (Lipinski definition) is 0. The molecule has 1 amide bonds. The van der Waals surface area contributed by atoms with Gasteiger partial charge in [0.1, 0.15) is 0 Å². The van der Waals surface area contributed by atoms with E-state index in [1.165, 1.54) is 40.6 Å². The summed E-state index contributed by atoms with van der Waals surface area (Å²) in [6.45, 7) is -2.83. The van der Waals surface area contributed by atoms with Crippen molar-refractivity contribution in [3.05, 3.63) is 53.6 Å². The fourth-order valence-electron chi connectivity index (χ4n) is 4.17. The van der Waals surface area contributed by atoms with Crippen molar-refractivity contribution in [2.45, 2.75) is 56.2 Å². The Balaban J connectivity index is 1.75. The van der Waals surface area contributed by atoms with E-state index in [0.29, 0.717) is 5.56 Å². The third-order valence-corrected chi connectivity index (χ3v) is 7.96. The number of sulfonamides is 1. The molecule has 0 heterocycles. The van der Waals surface area contributed by atoms with Crippen LogP contribution in [-0.4, -0.2) is 57.4 Å². The highest BCUT2D eigenvalue weighted by molar-refractivity contribution is 7.89. The molecule has 0 aromatic heterocycles. The molecule has 2 aromatic rings. The predicted molar refractivity (Wildman–Crippen MR) is 124 cm³/mol. The van der Waals surface area contributed by atoms with Crippen LogP contribution in [0.1, 0.15) is 48.0 Å². The zero-order valence-electron chi connectivity index (χ0n) is 19.5. The highest BCUT2D eigenvalue weighted by Gasteiger charge is 2.29. The molecule has 10 heteroatoms. The number of carbonyl (C=O) groups is 1. The summed E-state index contributed by atoms with van der Waals surface area (Å²) < 4.78 is 62.4. The number of alkyl halides is 2. The SMILES string of the molecule is COc1cc(CN(C)C(=O)c2cccc(S(=O)(=O)N(C)C3CCCCC3)c2)ccc1OC(F)F. The second-order valence-corrected chi connectivity index (χ2v) is 10.4. The molecular formula is C24H30F2N2O5S. The van der Waals surface area contributed by atoms with E-state index in [2.05, 4.69) is 4.74 Å². The van der Waals surface area contributed by atoms with Gasteiger partial charge in [0, 0.05) is 32.2 Å². The van der Waals surface area contributed by atoms with Gasteiger partial charge >= 0.3 is 6.61 Å². The molecule has 0 aliphatic heterocycles. The third-order valence-electron chi connectivity index (χ3n) is 6.06. The molecule has 1 saturated carbocycles. The van der Waals surface area contributed by atoms with Crippen LogP contribution >= 0.6 is 0 Å². The van der Waals surface area contributed by atoms with Gasteiger partial charge in [-0.3, -0.25) is 4.79 Å². The van der Waals surface area contributed by atoms with Gasteiger partial charge in [-0.05, 0) is 48.7 Å². The number of carbonyl (C=O) groups excluding carboxylic acids is 1. The molecule has 3 rings (SSSR count). The zero-order valence-corrected chi connectivity index (χ0v) is 20.4.